The van der Waals surface area contributed by atoms with Crippen LogP contribution in [-0.4, -0.2) is 21.6 Å². The highest BCUT2D eigenvalue weighted by atomic mass is 16.3. The number of para-hydroxylation sites is 2. The molecule has 1 aliphatic heterocycles. The van der Waals surface area contributed by atoms with Crippen molar-refractivity contribution in [2.75, 3.05) is 4.90 Å². The van der Waals surface area contributed by atoms with Gasteiger partial charge >= 0.3 is 5.91 Å². The molecule has 0 aliphatic carbocycles. The first kappa shape index (κ1) is 22.3. The van der Waals surface area contributed by atoms with Crippen molar-refractivity contribution in [3.63, 3.8) is 0 Å². The predicted molar refractivity (Wildman–Crippen MR) is 131 cm³/mol. The Kier molecular flexibility index (Phi) is 5.53. The number of nitrogens with zero attached hydrogens (tertiary/aromatic N) is 4. The van der Waals surface area contributed by atoms with Crippen molar-refractivity contribution in [2.45, 2.75) is 27.2 Å². The van der Waals surface area contributed by atoms with E-state index in [1.165, 1.54) is 4.68 Å². The summed E-state index contributed by atoms with van der Waals surface area (Å²) < 4.78 is 2.95. The Balaban J connectivity index is 1.80. The van der Waals surface area contributed by atoms with Gasteiger partial charge in [-0.15, -0.1) is 0 Å². The molecule has 0 radical (unpaired) electrons. The van der Waals surface area contributed by atoms with E-state index in [1.54, 1.807) is 53.4 Å². The zero-order chi connectivity index (χ0) is 24.7. The van der Waals surface area contributed by atoms with Crippen LogP contribution in [0.2, 0.25) is 0 Å². The minimum absolute atomic E-state index is 0.0675. The van der Waals surface area contributed by atoms with Gasteiger partial charge in [-0.05, 0) is 56.5 Å². The van der Waals surface area contributed by atoms with Gasteiger partial charge in [0, 0.05) is 16.7 Å². The van der Waals surface area contributed by atoms with Crippen molar-refractivity contribution in [3.8, 4) is 11.6 Å². The number of benzene rings is 2. The third kappa shape index (κ3) is 3.71. The summed E-state index contributed by atoms with van der Waals surface area (Å²) in [6, 6.07) is 19.8. The number of imide groups is 1. The Labute approximate surface area is 203 Å². The summed E-state index contributed by atoms with van der Waals surface area (Å²) in [5.41, 5.74) is 3.73. The van der Waals surface area contributed by atoms with Gasteiger partial charge in [-0.2, -0.15) is 9.67 Å². The maximum atomic E-state index is 13.9. The number of anilines is 1. The van der Waals surface area contributed by atoms with E-state index in [2.05, 4.69) is 5.10 Å². The lowest BCUT2D eigenvalue weighted by Crippen LogP contribution is -2.40. The fourth-order valence-corrected chi connectivity index (χ4v) is 4.52. The summed E-state index contributed by atoms with van der Waals surface area (Å²) in [6.07, 6.45) is 4.00. The van der Waals surface area contributed by atoms with Crippen LogP contribution in [0.1, 0.15) is 29.3 Å². The standard InChI is InChI=1S/C28H24N4O3/c1-4-22-23(27(34)32(29-22)21-13-9-6-10-14-21)24-25(30-16-18(2)15-19(3)17-30)28(35)31(26(24)33)20-11-7-5-8-12-20/h5-17H,4H2,1-3H3. The molecule has 0 bridgehead atoms. The average Bonchev–Trinajstić information content (AvgIpc) is 3.31. The highest BCUT2D eigenvalue weighted by Gasteiger charge is 2.47. The van der Waals surface area contributed by atoms with Crippen molar-refractivity contribution in [3.05, 3.63) is 102 Å². The van der Waals surface area contributed by atoms with Gasteiger partial charge < -0.3 is 5.11 Å². The molecule has 0 saturated carbocycles. The fourth-order valence-electron chi connectivity index (χ4n) is 4.52. The minimum atomic E-state index is -0.540. The van der Waals surface area contributed by atoms with Crippen LogP contribution in [0, 0.1) is 13.8 Å². The SMILES string of the molecule is CCc1nn(-c2ccccc2)c([O-])c1C1=C([n+]2cc(C)cc(C)c2)C(=O)N(c2ccccc2)C1=O. The second-order valence-electron chi connectivity index (χ2n) is 8.53. The number of hydrogen-bond acceptors (Lipinski definition) is 4. The summed E-state index contributed by atoms with van der Waals surface area (Å²) >= 11 is 0. The molecule has 2 aromatic carbocycles. The number of aryl methyl sites for hydroxylation is 3. The van der Waals surface area contributed by atoms with Gasteiger partial charge in [0.15, 0.2) is 12.4 Å². The zero-order valence-corrected chi connectivity index (χ0v) is 19.7. The average molecular weight is 465 g/mol. The fraction of sp³-hybridized carbons (Fsp3) is 0.143. The lowest BCUT2D eigenvalue weighted by molar-refractivity contribution is -0.577. The van der Waals surface area contributed by atoms with Crippen molar-refractivity contribution in [1.82, 2.24) is 9.78 Å². The first-order valence-electron chi connectivity index (χ1n) is 11.4. The Bertz CT molecular complexity index is 1470. The predicted octanol–water partition coefficient (Wildman–Crippen LogP) is 3.35. The molecule has 2 amide bonds. The number of carbonyl (C=O) groups is 2. The van der Waals surface area contributed by atoms with Gasteiger partial charge in [-0.25, -0.2) is 9.58 Å². The van der Waals surface area contributed by atoms with Crippen LogP contribution in [0.4, 0.5) is 5.69 Å². The van der Waals surface area contributed by atoms with Crippen LogP contribution in [0.15, 0.2) is 79.1 Å². The molecule has 0 saturated heterocycles. The molecule has 0 spiro atoms. The van der Waals surface area contributed by atoms with Gasteiger partial charge in [-0.3, -0.25) is 9.59 Å². The summed E-state index contributed by atoms with van der Waals surface area (Å²) in [4.78, 5) is 28.8. The normalized spacial score (nSPS) is 13.7. The molecule has 35 heavy (non-hydrogen) atoms. The molecule has 0 unspecified atom stereocenters. The van der Waals surface area contributed by atoms with Gasteiger partial charge in [0.05, 0.1) is 17.1 Å². The van der Waals surface area contributed by atoms with E-state index in [0.717, 1.165) is 16.0 Å². The largest absolute Gasteiger partial charge is 0.858 e. The molecular weight excluding hydrogens is 440 g/mol. The second-order valence-corrected chi connectivity index (χ2v) is 8.53. The number of pyridine rings is 1. The zero-order valence-electron chi connectivity index (χ0n) is 19.7. The molecule has 7 heteroatoms. The van der Waals surface area contributed by atoms with Gasteiger partial charge in [-0.1, -0.05) is 43.3 Å². The molecule has 4 aromatic rings. The van der Waals surface area contributed by atoms with Gasteiger partial charge in [0.2, 0.25) is 0 Å². The lowest BCUT2D eigenvalue weighted by atomic mass is 10.0. The highest BCUT2D eigenvalue weighted by Crippen LogP contribution is 2.38. The van der Waals surface area contributed by atoms with Crippen molar-refractivity contribution in [2.24, 2.45) is 0 Å². The van der Waals surface area contributed by atoms with Crippen molar-refractivity contribution in [1.29, 1.82) is 0 Å². The summed E-state index contributed by atoms with van der Waals surface area (Å²) in [5.74, 6) is -1.45. The Morgan fingerprint density at radius 3 is 2.00 bits per heavy atom. The quantitative estimate of drug-likeness (QED) is 0.335. The molecule has 5 rings (SSSR count). The lowest BCUT2D eigenvalue weighted by Gasteiger charge is -2.15. The third-order valence-corrected chi connectivity index (χ3v) is 5.97. The molecule has 0 atom stereocenters. The summed E-state index contributed by atoms with van der Waals surface area (Å²) in [5, 5.41) is 18.3. The van der Waals surface area contributed by atoms with E-state index in [9.17, 15) is 14.7 Å². The Hall–Kier alpha value is -4.52. The third-order valence-electron chi connectivity index (χ3n) is 5.97. The summed E-state index contributed by atoms with van der Waals surface area (Å²) in [7, 11) is 0. The van der Waals surface area contributed by atoms with Crippen molar-refractivity contribution >= 4 is 28.8 Å². The molecule has 0 N–H and O–H groups in total. The van der Waals surface area contributed by atoms with E-state index in [1.807, 2.05) is 51.1 Å². The summed E-state index contributed by atoms with van der Waals surface area (Å²) in [6.45, 7) is 5.72. The first-order valence-corrected chi connectivity index (χ1v) is 11.4. The number of hydrogen-bond donors (Lipinski definition) is 0. The smallest absolute Gasteiger partial charge is 0.331 e. The Morgan fingerprint density at radius 2 is 1.43 bits per heavy atom. The maximum Gasteiger partial charge on any atom is 0.331 e. The van der Waals surface area contributed by atoms with Crippen LogP contribution in [0.5, 0.6) is 5.88 Å². The van der Waals surface area contributed by atoms with Crippen LogP contribution < -0.4 is 14.6 Å². The van der Waals surface area contributed by atoms with E-state index in [4.69, 9.17) is 0 Å². The maximum absolute atomic E-state index is 13.9. The molecule has 2 aromatic heterocycles. The Morgan fingerprint density at radius 1 is 0.857 bits per heavy atom. The van der Waals surface area contributed by atoms with Crippen molar-refractivity contribution < 1.29 is 19.3 Å². The number of carbonyl (C=O) groups excluding carboxylic acids is 2. The minimum Gasteiger partial charge on any atom is -0.858 e. The first-order chi connectivity index (χ1) is 16.9. The van der Waals surface area contributed by atoms with Gasteiger partial charge in [0.25, 0.3) is 11.6 Å². The molecule has 1 aliphatic rings. The number of amides is 2. The van der Waals surface area contributed by atoms with Crippen LogP contribution >= 0.6 is 0 Å². The highest BCUT2D eigenvalue weighted by molar-refractivity contribution is 6.53. The van der Waals surface area contributed by atoms with Crippen LogP contribution in [0.3, 0.4) is 0 Å². The molecule has 7 nitrogen and oxygen atoms in total. The molecule has 3 heterocycles. The van der Waals surface area contributed by atoms with Crippen LogP contribution in [-0.2, 0) is 16.0 Å². The van der Waals surface area contributed by atoms with E-state index in [0.29, 0.717) is 23.5 Å². The molecule has 0 fully saturated rings. The monoisotopic (exact) mass is 464 g/mol. The van der Waals surface area contributed by atoms with E-state index < -0.39 is 17.7 Å². The van der Waals surface area contributed by atoms with E-state index in [-0.39, 0.29) is 16.8 Å². The topological polar surface area (TPSA) is 82.1 Å². The second kappa shape index (κ2) is 8.68. The van der Waals surface area contributed by atoms with Crippen LogP contribution in [0.25, 0.3) is 17.0 Å². The van der Waals surface area contributed by atoms with E-state index >= 15 is 0 Å². The number of rotatable bonds is 5. The molecular formula is C28H24N4O3. The molecule has 174 valence electrons. The number of aromatic nitrogens is 3. The van der Waals surface area contributed by atoms with Gasteiger partial charge in [0.1, 0.15) is 5.57 Å².